The lowest BCUT2D eigenvalue weighted by molar-refractivity contribution is -0.109. The largest absolute Gasteiger partial charge is 0.348 e. The van der Waals surface area contributed by atoms with Gasteiger partial charge in [0.05, 0.1) is 17.8 Å². The van der Waals surface area contributed by atoms with E-state index in [4.69, 9.17) is 0 Å². The lowest BCUT2D eigenvalue weighted by Gasteiger charge is -2.39. The zero-order valence-corrected chi connectivity index (χ0v) is 24.5. The summed E-state index contributed by atoms with van der Waals surface area (Å²) < 4.78 is 0. The molecule has 1 fully saturated rings. The van der Waals surface area contributed by atoms with E-state index in [9.17, 15) is 14.9 Å². The van der Waals surface area contributed by atoms with Gasteiger partial charge >= 0.3 is 0 Å². The molecule has 1 N–H and O–H groups in total. The monoisotopic (exact) mass is 524 g/mol. The minimum atomic E-state index is -0.274. The summed E-state index contributed by atoms with van der Waals surface area (Å²) >= 11 is 1.48. The van der Waals surface area contributed by atoms with Gasteiger partial charge in [0.15, 0.2) is 0 Å². The van der Waals surface area contributed by atoms with Crippen molar-refractivity contribution in [2.24, 2.45) is 16.8 Å². The molecule has 3 atom stereocenters. The summed E-state index contributed by atoms with van der Waals surface area (Å²) in [6, 6.07) is 3.01. The van der Waals surface area contributed by atoms with E-state index >= 15 is 0 Å². The summed E-state index contributed by atoms with van der Waals surface area (Å²) in [6.45, 7) is 10.6. The van der Waals surface area contributed by atoms with E-state index in [0.29, 0.717) is 46.2 Å². The maximum Gasteiger partial charge on any atom is 0.254 e. The first-order valence-electron chi connectivity index (χ1n) is 13.8. The molecule has 1 amide bonds. The molecule has 3 unspecified atom stereocenters. The number of ketones is 1. The number of amides is 1. The molecule has 0 spiro atoms. The zero-order chi connectivity index (χ0) is 27.3. The topological polar surface area (TPSA) is 85.6 Å². The normalized spacial score (nSPS) is 24.1. The van der Waals surface area contributed by atoms with Crippen molar-refractivity contribution in [1.29, 1.82) is 5.26 Å². The fourth-order valence-electron chi connectivity index (χ4n) is 6.38. The summed E-state index contributed by atoms with van der Waals surface area (Å²) in [6.07, 6.45) is 9.33. The Morgan fingerprint density at radius 1 is 1.27 bits per heavy atom. The molecule has 0 bridgehead atoms. The van der Waals surface area contributed by atoms with Crippen LogP contribution in [0.3, 0.4) is 0 Å². The van der Waals surface area contributed by atoms with Crippen molar-refractivity contribution in [2.45, 2.75) is 97.6 Å². The van der Waals surface area contributed by atoms with E-state index in [-0.39, 0.29) is 24.3 Å². The predicted molar refractivity (Wildman–Crippen MR) is 153 cm³/mol. The summed E-state index contributed by atoms with van der Waals surface area (Å²) in [7, 11) is 4.36. The first-order chi connectivity index (χ1) is 17.6. The van der Waals surface area contributed by atoms with Gasteiger partial charge < -0.3 is 10.2 Å². The summed E-state index contributed by atoms with van der Waals surface area (Å²) in [5.74, 6) is 1.10. The number of nitrogens with zero attached hydrogens (tertiary/aromatic N) is 3. The molecule has 3 rings (SSSR count). The summed E-state index contributed by atoms with van der Waals surface area (Å²) in [4.78, 5) is 34.1. The number of carbonyl (C=O) groups excluding carboxylic acids is 2. The molecule has 2 heterocycles. The highest BCUT2D eigenvalue weighted by molar-refractivity contribution is 7.13. The number of nitriles is 1. The van der Waals surface area contributed by atoms with Crippen molar-refractivity contribution in [3.63, 3.8) is 0 Å². The first kappa shape index (κ1) is 29.3. The Bertz CT molecular complexity index is 1090. The lowest BCUT2D eigenvalue weighted by atomic mass is 9.71. The third-order valence-electron chi connectivity index (χ3n) is 8.55. The number of Topliss-reactive ketones (excluding diaryl/α,β-unsaturated/α-hetero) is 1. The number of hydrogen-bond acceptors (Lipinski definition) is 6. The summed E-state index contributed by atoms with van der Waals surface area (Å²) in [5, 5.41) is 12.9. The average Bonchev–Trinajstić information content (AvgIpc) is 3.15. The molecule has 0 radical (unpaired) electrons. The van der Waals surface area contributed by atoms with Crippen molar-refractivity contribution >= 4 is 29.2 Å². The van der Waals surface area contributed by atoms with E-state index in [0.717, 1.165) is 28.9 Å². The Kier molecular flexibility index (Phi) is 10.3. The fourth-order valence-corrected chi connectivity index (χ4v) is 7.61. The minimum absolute atomic E-state index is 0.0551. The Hall–Kier alpha value is -2.30. The van der Waals surface area contributed by atoms with E-state index in [1.54, 1.807) is 0 Å². The second-order valence-electron chi connectivity index (χ2n) is 11.3. The molecule has 1 aliphatic carbocycles. The van der Waals surface area contributed by atoms with Crippen molar-refractivity contribution < 1.29 is 9.59 Å². The molecule has 2 aliphatic rings. The molecule has 1 aliphatic heterocycles. The maximum atomic E-state index is 13.4. The molecule has 0 aromatic carbocycles. The van der Waals surface area contributed by atoms with Crippen molar-refractivity contribution in [1.82, 2.24) is 10.2 Å². The maximum absolute atomic E-state index is 13.4. The van der Waals surface area contributed by atoms with Crippen LogP contribution < -0.4 is 5.32 Å². The molecule has 202 valence electrons. The van der Waals surface area contributed by atoms with Crippen LogP contribution in [0.4, 0.5) is 0 Å². The Morgan fingerprint density at radius 2 is 1.95 bits per heavy atom. The van der Waals surface area contributed by atoms with Gasteiger partial charge in [0, 0.05) is 23.0 Å². The van der Waals surface area contributed by atoms with Gasteiger partial charge in [-0.05, 0) is 96.7 Å². The van der Waals surface area contributed by atoms with Gasteiger partial charge in [0.2, 0.25) is 5.78 Å². The van der Waals surface area contributed by atoms with Crippen LogP contribution in [0.2, 0.25) is 0 Å². The van der Waals surface area contributed by atoms with E-state index in [2.05, 4.69) is 49.2 Å². The van der Waals surface area contributed by atoms with E-state index in [1.807, 2.05) is 20.8 Å². The molecular weight excluding hydrogens is 480 g/mol. The van der Waals surface area contributed by atoms with E-state index in [1.165, 1.54) is 43.2 Å². The van der Waals surface area contributed by atoms with Gasteiger partial charge in [-0.15, -0.1) is 11.3 Å². The van der Waals surface area contributed by atoms with Gasteiger partial charge in [0.1, 0.15) is 10.9 Å². The number of aliphatic imine (C=N–C) groups is 1. The zero-order valence-electron chi connectivity index (χ0n) is 23.7. The van der Waals surface area contributed by atoms with Crippen LogP contribution in [0, 0.1) is 30.1 Å². The second-order valence-corrected chi connectivity index (χ2v) is 12.4. The standard InChI is InChI=1S/C30H44N4O2S/c1-8-9-24(22-10-12-23(13-11-22)34(6)7)20(4)29-21(5)28(27(15-31)37-29)30(36)33-16-25-18(2)14-19(3)32-17-26(25)35/h17,19-20,22-24H,8-14,16H2,1-7H3,(H,33,36). The van der Waals surface area contributed by atoms with Crippen LogP contribution in [-0.4, -0.2) is 55.5 Å². The molecule has 1 aromatic heterocycles. The Labute approximate surface area is 227 Å². The quantitative estimate of drug-likeness (QED) is 0.426. The summed E-state index contributed by atoms with van der Waals surface area (Å²) in [5.41, 5.74) is 2.95. The van der Waals surface area contributed by atoms with Gasteiger partial charge in [-0.3, -0.25) is 14.6 Å². The van der Waals surface area contributed by atoms with Crippen molar-refractivity contribution in [3.8, 4) is 6.07 Å². The second kappa shape index (κ2) is 13.0. The number of hydrogen-bond donors (Lipinski definition) is 1. The van der Waals surface area contributed by atoms with Gasteiger partial charge in [-0.25, -0.2) is 0 Å². The van der Waals surface area contributed by atoms with Crippen LogP contribution in [0.1, 0.15) is 104 Å². The van der Waals surface area contributed by atoms with Crippen LogP contribution >= 0.6 is 11.3 Å². The smallest absolute Gasteiger partial charge is 0.254 e. The fraction of sp³-hybridized carbons (Fsp3) is 0.667. The molecule has 6 nitrogen and oxygen atoms in total. The molecule has 1 saturated carbocycles. The molecular formula is C30H44N4O2S. The number of thiophene rings is 1. The SMILES string of the molecule is CCCC(C1CCC(N(C)C)CC1)C(C)c1sc(C#N)c(C(=O)NCC2=C(C)CC(C)N=CC2=O)c1C. The van der Waals surface area contributed by atoms with Crippen molar-refractivity contribution in [2.75, 3.05) is 20.6 Å². The first-order valence-corrected chi connectivity index (χ1v) is 14.6. The molecule has 37 heavy (non-hydrogen) atoms. The molecule has 1 aromatic rings. The molecule has 0 saturated heterocycles. The van der Waals surface area contributed by atoms with Crippen LogP contribution in [0.15, 0.2) is 16.1 Å². The van der Waals surface area contributed by atoms with Gasteiger partial charge in [-0.2, -0.15) is 5.26 Å². The van der Waals surface area contributed by atoms with Crippen LogP contribution in [0.25, 0.3) is 0 Å². The minimum Gasteiger partial charge on any atom is -0.348 e. The highest BCUT2D eigenvalue weighted by Crippen LogP contribution is 2.45. The molecule has 7 heteroatoms. The number of rotatable bonds is 9. The number of nitrogens with one attached hydrogen (secondary N) is 1. The van der Waals surface area contributed by atoms with E-state index < -0.39 is 0 Å². The van der Waals surface area contributed by atoms with Gasteiger partial charge in [-0.1, -0.05) is 25.8 Å². The van der Waals surface area contributed by atoms with Crippen LogP contribution in [-0.2, 0) is 4.79 Å². The van der Waals surface area contributed by atoms with Gasteiger partial charge in [0.25, 0.3) is 5.91 Å². The lowest BCUT2D eigenvalue weighted by Crippen LogP contribution is -2.34. The highest BCUT2D eigenvalue weighted by Gasteiger charge is 2.34. The van der Waals surface area contributed by atoms with Crippen molar-refractivity contribution in [3.05, 3.63) is 32.0 Å². The Balaban J connectivity index is 1.80. The third-order valence-corrected chi connectivity index (χ3v) is 9.95. The third kappa shape index (κ3) is 6.78. The number of carbonyl (C=O) groups is 2. The predicted octanol–water partition coefficient (Wildman–Crippen LogP) is 6.05. The Morgan fingerprint density at radius 3 is 2.54 bits per heavy atom. The average molecular weight is 525 g/mol. The highest BCUT2D eigenvalue weighted by atomic mass is 32.1. The van der Waals surface area contributed by atoms with Crippen LogP contribution in [0.5, 0.6) is 0 Å².